The molecule has 0 aromatic rings. The van der Waals surface area contributed by atoms with Crippen molar-refractivity contribution in [2.24, 2.45) is 5.92 Å². The Morgan fingerprint density at radius 2 is 2.12 bits per heavy atom. The van der Waals surface area contributed by atoms with Gasteiger partial charge in [0.05, 0.1) is 12.7 Å². The summed E-state index contributed by atoms with van der Waals surface area (Å²) in [5, 5.41) is 22.2. The van der Waals surface area contributed by atoms with Crippen LogP contribution < -0.4 is 5.32 Å². The summed E-state index contributed by atoms with van der Waals surface area (Å²) in [6.07, 6.45) is 4.18. The van der Waals surface area contributed by atoms with Crippen molar-refractivity contribution in [1.82, 2.24) is 5.32 Å². The molecule has 1 fully saturated rings. The fourth-order valence-electron chi connectivity index (χ4n) is 2.30. The van der Waals surface area contributed by atoms with E-state index in [0.29, 0.717) is 31.7 Å². The average molecular weight is 231 g/mol. The van der Waals surface area contributed by atoms with Gasteiger partial charge in [-0.15, -0.1) is 0 Å². The van der Waals surface area contributed by atoms with E-state index in [0.717, 1.165) is 12.8 Å². The number of aliphatic hydroxyl groups excluding tert-OH is 2. The summed E-state index contributed by atoms with van der Waals surface area (Å²) in [4.78, 5) is 0. The number of aliphatic hydroxyl groups is 2. The molecule has 0 amide bonds. The lowest BCUT2D eigenvalue weighted by Crippen LogP contribution is -2.44. The van der Waals surface area contributed by atoms with Gasteiger partial charge in [0.2, 0.25) is 0 Å². The fraction of sp³-hybridized carbons (Fsp3) is 1.00. The van der Waals surface area contributed by atoms with Crippen molar-refractivity contribution in [1.29, 1.82) is 0 Å². The number of ether oxygens (including phenoxy) is 1. The van der Waals surface area contributed by atoms with Crippen LogP contribution in [0.1, 0.15) is 32.6 Å². The minimum absolute atomic E-state index is 0.249. The first kappa shape index (κ1) is 13.9. The second kappa shape index (κ2) is 8.01. The van der Waals surface area contributed by atoms with Gasteiger partial charge in [-0.3, -0.25) is 0 Å². The molecule has 0 spiro atoms. The summed E-state index contributed by atoms with van der Waals surface area (Å²) in [6.45, 7) is 3.75. The van der Waals surface area contributed by atoms with Crippen molar-refractivity contribution in [2.75, 3.05) is 26.4 Å². The third kappa shape index (κ3) is 4.78. The zero-order valence-corrected chi connectivity index (χ0v) is 10.2. The Morgan fingerprint density at radius 3 is 2.81 bits per heavy atom. The van der Waals surface area contributed by atoms with E-state index in [1.807, 2.05) is 6.92 Å². The minimum Gasteiger partial charge on any atom is -0.396 e. The second-order valence-electron chi connectivity index (χ2n) is 4.56. The zero-order chi connectivity index (χ0) is 11.8. The Hall–Kier alpha value is -0.160. The topological polar surface area (TPSA) is 61.7 Å². The molecule has 3 atom stereocenters. The molecule has 4 heteroatoms. The highest BCUT2D eigenvalue weighted by Gasteiger charge is 2.24. The van der Waals surface area contributed by atoms with Gasteiger partial charge >= 0.3 is 0 Å². The van der Waals surface area contributed by atoms with E-state index in [2.05, 4.69) is 5.32 Å². The summed E-state index contributed by atoms with van der Waals surface area (Å²) in [5.41, 5.74) is 0. The Labute approximate surface area is 98.0 Å². The van der Waals surface area contributed by atoms with Gasteiger partial charge in [0.25, 0.3) is 0 Å². The molecule has 16 heavy (non-hydrogen) atoms. The molecule has 4 nitrogen and oxygen atoms in total. The van der Waals surface area contributed by atoms with E-state index in [1.165, 1.54) is 12.8 Å². The van der Waals surface area contributed by atoms with Gasteiger partial charge in [-0.05, 0) is 25.7 Å². The third-order valence-corrected chi connectivity index (χ3v) is 3.27. The van der Waals surface area contributed by atoms with Crippen LogP contribution in [0.3, 0.4) is 0 Å². The molecule has 3 N–H and O–H groups in total. The first-order chi connectivity index (χ1) is 7.77. The van der Waals surface area contributed by atoms with Crippen molar-refractivity contribution in [2.45, 2.75) is 44.8 Å². The van der Waals surface area contributed by atoms with Crippen LogP contribution in [0.15, 0.2) is 0 Å². The van der Waals surface area contributed by atoms with Crippen LogP contribution in [0.4, 0.5) is 0 Å². The lowest BCUT2D eigenvalue weighted by atomic mass is 9.85. The highest BCUT2D eigenvalue weighted by atomic mass is 16.5. The van der Waals surface area contributed by atoms with Crippen molar-refractivity contribution in [3.05, 3.63) is 0 Å². The monoisotopic (exact) mass is 231 g/mol. The van der Waals surface area contributed by atoms with Gasteiger partial charge in [0.1, 0.15) is 0 Å². The standard InChI is InChI=1S/C12H25NO3/c1-2-16-9-11(15)7-13-12-6-4-3-5-10(12)8-14/h10-15H,2-9H2,1H3. The lowest BCUT2D eigenvalue weighted by Gasteiger charge is -2.31. The predicted octanol–water partition coefficient (Wildman–Crippen LogP) is 0.524. The molecule has 1 rings (SSSR count). The third-order valence-electron chi connectivity index (χ3n) is 3.27. The number of nitrogens with one attached hydrogen (secondary N) is 1. The molecule has 0 bridgehead atoms. The molecule has 1 aliphatic carbocycles. The SMILES string of the molecule is CCOCC(O)CNC1CCCCC1CO. The quantitative estimate of drug-likeness (QED) is 0.598. The Kier molecular flexibility index (Phi) is 6.96. The van der Waals surface area contributed by atoms with Gasteiger partial charge in [-0.2, -0.15) is 0 Å². The first-order valence-electron chi connectivity index (χ1n) is 6.38. The molecule has 1 saturated carbocycles. The summed E-state index contributed by atoms with van der Waals surface area (Å²) in [5.74, 6) is 0.355. The van der Waals surface area contributed by atoms with Crippen LogP contribution in [0.2, 0.25) is 0 Å². The molecule has 96 valence electrons. The Balaban J connectivity index is 2.18. The molecule has 3 unspecified atom stereocenters. The van der Waals surface area contributed by atoms with E-state index in [1.54, 1.807) is 0 Å². The summed E-state index contributed by atoms with van der Waals surface area (Å²) in [7, 11) is 0. The second-order valence-corrected chi connectivity index (χ2v) is 4.56. The summed E-state index contributed by atoms with van der Waals surface area (Å²) >= 11 is 0. The van der Waals surface area contributed by atoms with Crippen molar-refractivity contribution >= 4 is 0 Å². The van der Waals surface area contributed by atoms with Crippen LogP contribution in [-0.4, -0.2) is 48.7 Å². The zero-order valence-electron chi connectivity index (χ0n) is 10.2. The Morgan fingerprint density at radius 1 is 1.38 bits per heavy atom. The highest BCUT2D eigenvalue weighted by molar-refractivity contribution is 4.81. The van der Waals surface area contributed by atoms with Crippen LogP contribution in [0, 0.1) is 5.92 Å². The van der Waals surface area contributed by atoms with E-state index in [4.69, 9.17) is 4.74 Å². The van der Waals surface area contributed by atoms with Crippen LogP contribution >= 0.6 is 0 Å². The molecule has 0 saturated heterocycles. The molecule has 0 heterocycles. The number of hydrogen-bond acceptors (Lipinski definition) is 4. The number of hydrogen-bond donors (Lipinski definition) is 3. The maximum absolute atomic E-state index is 9.62. The van der Waals surface area contributed by atoms with E-state index in [-0.39, 0.29) is 6.61 Å². The van der Waals surface area contributed by atoms with Crippen molar-refractivity contribution in [3.8, 4) is 0 Å². The molecule has 0 radical (unpaired) electrons. The summed E-state index contributed by atoms with van der Waals surface area (Å²) in [6, 6.07) is 0.357. The van der Waals surface area contributed by atoms with Crippen LogP contribution in [-0.2, 0) is 4.74 Å². The first-order valence-corrected chi connectivity index (χ1v) is 6.38. The largest absolute Gasteiger partial charge is 0.396 e. The number of rotatable bonds is 7. The van der Waals surface area contributed by atoms with E-state index < -0.39 is 6.10 Å². The van der Waals surface area contributed by atoms with Gasteiger partial charge in [-0.1, -0.05) is 12.8 Å². The smallest absolute Gasteiger partial charge is 0.0897 e. The average Bonchev–Trinajstić information content (AvgIpc) is 2.34. The maximum atomic E-state index is 9.62. The van der Waals surface area contributed by atoms with Crippen LogP contribution in [0.25, 0.3) is 0 Å². The van der Waals surface area contributed by atoms with Crippen molar-refractivity contribution in [3.63, 3.8) is 0 Å². The molecule has 0 aromatic carbocycles. The van der Waals surface area contributed by atoms with E-state index >= 15 is 0 Å². The van der Waals surface area contributed by atoms with E-state index in [9.17, 15) is 10.2 Å². The van der Waals surface area contributed by atoms with Gasteiger partial charge in [0, 0.05) is 25.8 Å². The van der Waals surface area contributed by atoms with Crippen molar-refractivity contribution < 1.29 is 14.9 Å². The molecular weight excluding hydrogens is 206 g/mol. The van der Waals surface area contributed by atoms with Gasteiger partial charge in [-0.25, -0.2) is 0 Å². The predicted molar refractivity (Wildman–Crippen MR) is 63.3 cm³/mol. The van der Waals surface area contributed by atoms with Gasteiger partial charge < -0.3 is 20.3 Å². The van der Waals surface area contributed by atoms with Gasteiger partial charge in [0.15, 0.2) is 0 Å². The Bertz CT molecular complexity index is 178. The van der Waals surface area contributed by atoms with Crippen LogP contribution in [0.5, 0.6) is 0 Å². The highest BCUT2D eigenvalue weighted by Crippen LogP contribution is 2.23. The molecule has 0 aliphatic heterocycles. The fourth-order valence-corrected chi connectivity index (χ4v) is 2.30. The normalized spacial score (nSPS) is 27.9. The maximum Gasteiger partial charge on any atom is 0.0897 e. The summed E-state index contributed by atoms with van der Waals surface area (Å²) < 4.78 is 5.15. The molecule has 1 aliphatic rings. The minimum atomic E-state index is -0.443. The lowest BCUT2D eigenvalue weighted by molar-refractivity contribution is 0.0375. The molecular formula is C12H25NO3. The molecule has 0 aromatic heterocycles.